The molecule has 0 amide bonds. The maximum atomic E-state index is 11.1. The molecule has 96 valence electrons. The highest BCUT2D eigenvalue weighted by Gasteiger charge is 2.15. The van der Waals surface area contributed by atoms with Gasteiger partial charge in [0.1, 0.15) is 5.69 Å². The van der Waals surface area contributed by atoms with Gasteiger partial charge in [-0.15, -0.1) is 0 Å². The van der Waals surface area contributed by atoms with E-state index < -0.39 is 5.97 Å². The number of hydrogen-bond acceptors (Lipinski definition) is 2. The van der Waals surface area contributed by atoms with Crippen LogP contribution in [0.15, 0.2) is 36.5 Å². The summed E-state index contributed by atoms with van der Waals surface area (Å²) in [7, 11) is 0. The molecule has 0 radical (unpaired) electrons. The molecule has 0 aliphatic rings. The summed E-state index contributed by atoms with van der Waals surface area (Å²) in [5, 5.41) is 11.1. The van der Waals surface area contributed by atoms with Crippen LogP contribution >= 0.6 is 0 Å². The van der Waals surface area contributed by atoms with E-state index in [1.165, 1.54) is 0 Å². The standard InChI is InChI=1S/C15H14N2O2/c1-9(2)17-13-6-4-3-5-10(13)11-7-12(15(18)19)16-8-14(11)17/h3-9H,1-2H3,(H,18,19). The fourth-order valence-electron chi connectivity index (χ4n) is 2.57. The molecule has 19 heavy (non-hydrogen) atoms. The third-order valence-corrected chi connectivity index (χ3v) is 3.33. The first-order valence-corrected chi connectivity index (χ1v) is 6.21. The van der Waals surface area contributed by atoms with Crippen molar-refractivity contribution < 1.29 is 9.90 Å². The molecule has 4 nitrogen and oxygen atoms in total. The lowest BCUT2D eigenvalue weighted by Crippen LogP contribution is -2.02. The summed E-state index contributed by atoms with van der Waals surface area (Å²) < 4.78 is 2.18. The van der Waals surface area contributed by atoms with Crippen LogP contribution in [0.2, 0.25) is 0 Å². The molecule has 2 aromatic heterocycles. The lowest BCUT2D eigenvalue weighted by Gasteiger charge is -2.10. The molecule has 0 atom stereocenters. The maximum absolute atomic E-state index is 11.1. The fourth-order valence-corrected chi connectivity index (χ4v) is 2.57. The van der Waals surface area contributed by atoms with Crippen LogP contribution in [0.5, 0.6) is 0 Å². The van der Waals surface area contributed by atoms with Gasteiger partial charge in [0.05, 0.1) is 11.7 Å². The number of carboxylic acids is 1. The quantitative estimate of drug-likeness (QED) is 0.761. The van der Waals surface area contributed by atoms with Crippen LogP contribution in [-0.4, -0.2) is 20.6 Å². The monoisotopic (exact) mass is 254 g/mol. The van der Waals surface area contributed by atoms with Crippen LogP contribution in [-0.2, 0) is 0 Å². The number of rotatable bonds is 2. The van der Waals surface area contributed by atoms with Gasteiger partial charge < -0.3 is 9.67 Å². The van der Waals surface area contributed by atoms with Crippen LogP contribution in [0.4, 0.5) is 0 Å². The van der Waals surface area contributed by atoms with Gasteiger partial charge in [-0.3, -0.25) is 0 Å². The summed E-state index contributed by atoms with van der Waals surface area (Å²) in [5.74, 6) is -0.997. The Balaban J connectivity index is 2.49. The van der Waals surface area contributed by atoms with E-state index in [9.17, 15) is 4.79 Å². The molecule has 3 aromatic rings. The molecule has 0 saturated heterocycles. The minimum atomic E-state index is -0.997. The highest BCUT2D eigenvalue weighted by Crippen LogP contribution is 2.31. The predicted octanol–water partition coefficient (Wildman–Crippen LogP) is 3.47. The average molecular weight is 254 g/mol. The molecular weight excluding hydrogens is 240 g/mol. The lowest BCUT2D eigenvalue weighted by molar-refractivity contribution is 0.0691. The Morgan fingerprint density at radius 1 is 1.21 bits per heavy atom. The second-order valence-corrected chi connectivity index (χ2v) is 4.87. The Morgan fingerprint density at radius 3 is 2.63 bits per heavy atom. The van der Waals surface area contributed by atoms with E-state index >= 15 is 0 Å². The van der Waals surface area contributed by atoms with Gasteiger partial charge >= 0.3 is 5.97 Å². The zero-order valence-electron chi connectivity index (χ0n) is 10.8. The van der Waals surface area contributed by atoms with E-state index in [0.29, 0.717) is 6.04 Å². The third-order valence-electron chi connectivity index (χ3n) is 3.33. The topological polar surface area (TPSA) is 55.1 Å². The second-order valence-electron chi connectivity index (χ2n) is 4.87. The molecule has 0 unspecified atom stereocenters. The summed E-state index contributed by atoms with van der Waals surface area (Å²) >= 11 is 0. The Labute approximate surface area is 110 Å². The van der Waals surface area contributed by atoms with Crippen LogP contribution in [0, 0.1) is 0 Å². The van der Waals surface area contributed by atoms with Gasteiger partial charge in [-0.25, -0.2) is 9.78 Å². The molecule has 0 fully saturated rings. The Morgan fingerprint density at radius 2 is 1.95 bits per heavy atom. The molecule has 0 aliphatic heterocycles. The first-order chi connectivity index (χ1) is 9.09. The number of carboxylic acid groups (broad SMARTS) is 1. The number of nitrogens with zero attached hydrogens (tertiary/aromatic N) is 2. The Kier molecular flexibility index (Phi) is 2.52. The minimum Gasteiger partial charge on any atom is -0.477 e. The van der Waals surface area contributed by atoms with Gasteiger partial charge in [0.15, 0.2) is 0 Å². The molecule has 4 heteroatoms. The molecule has 1 aromatic carbocycles. The summed E-state index contributed by atoms with van der Waals surface area (Å²) in [6.45, 7) is 4.22. The number of fused-ring (bicyclic) bond motifs is 3. The van der Waals surface area contributed by atoms with Crippen molar-refractivity contribution in [2.75, 3.05) is 0 Å². The molecule has 0 aliphatic carbocycles. The van der Waals surface area contributed by atoms with Crippen molar-refractivity contribution >= 4 is 27.8 Å². The summed E-state index contributed by atoms with van der Waals surface area (Å²) in [4.78, 5) is 15.1. The minimum absolute atomic E-state index is 0.0826. The summed E-state index contributed by atoms with van der Waals surface area (Å²) in [6, 6.07) is 9.97. The third kappa shape index (κ3) is 1.68. The van der Waals surface area contributed by atoms with Crippen LogP contribution in [0.25, 0.3) is 21.8 Å². The first-order valence-electron chi connectivity index (χ1n) is 6.21. The van der Waals surface area contributed by atoms with Crippen molar-refractivity contribution in [2.24, 2.45) is 0 Å². The highest BCUT2D eigenvalue weighted by molar-refractivity contribution is 6.09. The van der Waals surface area contributed by atoms with Crippen molar-refractivity contribution in [2.45, 2.75) is 19.9 Å². The largest absolute Gasteiger partial charge is 0.477 e. The zero-order valence-corrected chi connectivity index (χ0v) is 10.8. The molecule has 2 heterocycles. The van der Waals surface area contributed by atoms with Crippen molar-refractivity contribution in [1.29, 1.82) is 0 Å². The van der Waals surface area contributed by atoms with Crippen molar-refractivity contribution in [1.82, 2.24) is 9.55 Å². The molecule has 0 saturated carbocycles. The van der Waals surface area contributed by atoms with E-state index in [1.807, 2.05) is 18.2 Å². The fraction of sp³-hybridized carbons (Fsp3) is 0.200. The number of aromatic nitrogens is 2. The predicted molar refractivity (Wildman–Crippen MR) is 74.6 cm³/mol. The SMILES string of the molecule is CC(C)n1c2ccccc2c2cc(C(=O)O)ncc21. The molecule has 1 N–H and O–H groups in total. The maximum Gasteiger partial charge on any atom is 0.354 e. The number of para-hydroxylation sites is 1. The smallest absolute Gasteiger partial charge is 0.354 e. The van der Waals surface area contributed by atoms with Gasteiger partial charge in [0.2, 0.25) is 0 Å². The molecule has 0 spiro atoms. The average Bonchev–Trinajstić information content (AvgIpc) is 2.72. The van der Waals surface area contributed by atoms with E-state index in [-0.39, 0.29) is 5.69 Å². The van der Waals surface area contributed by atoms with Gasteiger partial charge in [0.25, 0.3) is 0 Å². The molecular formula is C15H14N2O2. The Bertz CT molecular complexity index is 787. The van der Waals surface area contributed by atoms with Gasteiger partial charge in [0, 0.05) is 22.3 Å². The van der Waals surface area contributed by atoms with Gasteiger partial charge in [-0.05, 0) is 26.0 Å². The molecule has 3 rings (SSSR count). The number of aromatic carboxylic acids is 1. The summed E-state index contributed by atoms with van der Waals surface area (Å²) in [5.41, 5.74) is 2.16. The zero-order chi connectivity index (χ0) is 13.6. The van der Waals surface area contributed by atoms with Crippen molar-refractivity contribution in [3.8, 4) is 0 Å². The number of carbonyl (C=O) groups is 1. The first kappa shape index (κ1) is 11.7. The molecule has 0 bridgehead atoms. The van der Waals surface area contributed by atoms with E-state index in [2.05, 4.69) is 29.5 Å². The van der Waals surface area contributed by atoms with Gasteiger partial charge in [-0.2, -0.15) is 0 Å². The van der Waals surface area contributed by atoms with E-state index in [1.54, 1.807) is 12.3 Å². The lowest BCUT2D eigenvalue weighted by atomic mass is 10.1. The number of pyridine rings is 1. The highest BCUT2D eigenvalue weighted by atomic mass is 16.4. The van der Waals surface area contributed by atoms with Crippen LogP contribution in [0.3, 0.4) is 0 Å². The summed E-state index contributed by atoms with van der Waals surface area (Å²) in [6.07, 6.45) is 1.65. The Hall–Kier alpha value is -2.36. The van der Waals surface area contributed by atoms with Crippen molar-refractivity contribution in [3.63, 3.8) is 0 Å². The number of hydrogen-bond donors (Lipinski definition) is 1. The van der Waals surface area contributed by atoms with Crippen LogP contribution < -0.4 is 0 Å². The number of benzene rings is 1. The second kappa shape index (κ2) is 4.09. The van der Waals surface area contributed by atoms with E-state index in [0.717, 1.165) is 21.8 Å². The van der Waals surface area contributed by atoms with Gasteiger partial charge in [-0.1, -0.05) is 18.2 Å². The van der Waals surface area contributed by atoms with E-state index in [4.69, 9.17) is 5.11 Å². The van der Waals surface area contributed by atoms with Crippen LogP contribution in [0.1, 0.15) is 30.4 Å². The normalized spacial score (nSPS) is 11.5. The van der Waals surface area contributed by atoms with Crippen molar-refractivity contribution in [3.05, 3.63) is 42.2 Å².